The third kappa shape index (κ3) is 7.42. The summed E-state index contributed by atoms with van der Waals surface area (Å²) in [6.07, 6.45) is 5.81. The number of amides is 5. The van der Waals surface area contributed by atoms with Crippen molar-refractivity contribution in [2.75, 3.05) is 61.6 Å². The molecule has 6 aliphatic rings. The van der Waals surface area contributed by atoms with Gasteiger partial charge in [-0.05, 0) is 88.9 Å². The van der Waals surface area contributed by atoms with Gasteiger partial charge < -0.3 is 34.6 Å². The topological polar surface area (TPSA) is 194 Å². The Labute approximate surface area is 364 Å². The van der Waals surface area contributed by atoms with Gasteiger partial charge >= 0.3 is 0 Å². The van der Waals surface area contributed by atoms with Crippen LogP contribution in [-0.4, -0.2) is 141 Å². The highest BCUT2D eigenvalue weighted by atomic mass is 16.5. The monoisotopic (exact) mass is 860 g/mol. The summed E-state index contributed by atoms with van der Waals surface area (Å²) in [5.74, 6) is -0.552. The Balaban J connectivity index is 0.759. The maximum Gasteiger partial charge on any atom is 0.261 e. The summed E-state index contributed by atoms with van der Waals surface area (Å²) < 4.78 is 13.3. The summed E-state index contributed by atoms with van der Waals surface area (Å²) >= 11 is 0. The lowest BCUT2D eigenvalue weighted by molar-refractivity contribution is -0.139. The van der Waals surface area contributed by atoms with E-state index in [1.165, 1.54) is 11.1 Å². The number of morpholine rings is 1. The van der Waals surface area contributed by atoms with E-state index in [1.807, 2.05) is 36.9 Å². The zero-order valence-corrected chi connectivity index (χ0v) is 35.7. The van der Waals surface area contributed by atoms with Crippen molar-refractivity contribution in [3.63, 3.8) is 0 Å². The van der Waals surface area contributed by atoms with E-state index in [0.717, 1.165) is 55.8 Å². The molecule has 1 aliphatic carbocycles. The third-order valence-electron chi connectivity index (χ3n) is 13.7. The van der Waals surface area contributed by atoms with E-state index in [-0.39, 0.29) is 42.7 Å². The molecule has 10 rings (SSSR count). The van der Waals surface area contributed by atoms with E-state index in [9.17, 15) is 29.1 Å². The Morgan fingerprint density at radius 3 is 2.48 bits per heavy atom. The molecule has 63 heavy (non-hydrogen) atoms. The molecule has 1 saturated carbocycles. The van der Waals surface area contributed by atoms with E-state index in [0.29, 0.717) is 84.3 Å². The molecule has 7 heterocycles. The minimum absolute atomic E-state index is 0.0223. The molecule has 330 valence electrons. The molecule has 2 aromatic heterocycles. The van der Waals surface area contributed by atoms with Crippen LogP contribution in [0.2, 0.25) is 0 Å². The summed E-state index contributed by atoms with van der Waals surface area (Å²) in [7, 11) is 2.17. The number of nitrogens with zero attached hydrogens (tertiary/aromatic N) is 8. The van der Waals surface area contributed by atoms with Crippen LogP contribution in [0.5, 0.6) is 5.75 Å². The maximum atomic E-state index is 14.0. The van der Waals surface area contributed by atoms with Crippen LogP contribution in [0, 0.1) is 0 Å². The Kier molecular flexibility index (Phi) is 10.5. The highest BCUT2D eigenvalue weighted by Gasteiger charge is 2.45. The van der Waals surface area contributed by atoms with Crippen LogP contribution in [0.4, 0.5) is 17.2 Å². The number of rotatable bonds is 10. The SMILES string of the molecule is CC(C)Oc1cc2c(cc1NC(=O)c1cnn3ccc(N4CCOCC4)nc13)CN(C1CCC(N(C)C3CN(c4ccc5c(c4)C(=O)N(C4CCC(=O)NC4=O)C5O)C3)CC1)C2=O. The number of nitrogens with one attached hydrogen (secondary N) is 2. The van der Waals surface area contributed by atoms with Gasteiger partial charge in [0.05, 0.1) is 31.2 Å². The fourth-order valence-electron chi connectivity index (χ4n) is 10.1. The number of carbonyl (C=O) groups is 5. The number of piperidine rings is 1. The van der Waals surface area contributed by atoms with Crippen LogP contribution < -0.4 is 25.2 Å². The molecule has 2 atom stereocenters. The number of fused-ring (bicyclic) bond motifs is 3. The molecule has 18 nitrogen and oxygen atoms in total. The van der Waals surface area contributed by atoms with Crippen LogP contribution in [0.15, 0.2) is 48.8 Å². The van der Waals surface area contributed by atoms with Gasteiger partial charge in [-0.15, -0.1) is 0 Å². The third-order valence-corrected chi connectivity index (χ3v) is 13.7. The predicted octanol–water partition coefficient (Wildman–Crippen LogP) is 2.94. The molecule has 2 unspecified atom stereocenters. The van der Waals surface area contributed by atoms with Gasteiger partial charge in [0.15, 0.2) is 11.9 Å². The fraction of sp³-hybridized carbons (Fsp3) is 0.489. The molecular weight excluding hydrogens is 809 g/mol. The highest BCUT2D eigenvalue weighted by Crippen LogP contribution is 2.40. The molecule has 4 fully saturated rings. The molecule has 5 amide bonds. The molecule has 4 aromatic rings. The van der Waals surface area contributed by atoms with Crippen molar-refractivity contribution < 1.29 is 38.6 Å². The summed E-state index contributed by atoms with van der Waals surface area (Å²) in [4.78, 5) is 80.3. The van der Waals surface area contributed by atoms with Gasteiger partial charge in [-0.2, -0.15) is 5.10 Å². The van der Waals surface area contributed by atoms with Gasteiger partial charge in [0.2, 0.25) is 11.8 Å². The fourth-order valence-corrected chi connectivity index (χ4v) is 10.1. The second kappa shape index (κ2) is 16.2. The molecule has 3 saturated heterocycles. The Morgan fingerprint density at radius 1 is 0.952 bits per heavy atom. The second-order valence-electron chi connectivity index (χ2n) is 17.8. The van der Waals surface area contributed by atoms with Crippen molar-refractivity contribution in [1.29, 1.82) is 0 Å². The zero-order chi connectivity index (χ0) is 43.7. The first-order chi connectivity index (χ1) is 30.4. The van der Waals surface area contributed by atoms with Gasteiger partial charge in [-0.25, -0.2) is 9.50 Å². The molecule has 0 radical (unpaired) electrons. The molecule has 0 bridgehead atoms. The number of hydrogen-bond acceptors (Lipinski definition) is 13. The number of ether oxygens (including phenoxy) is 2. The minimum Gasteiger partial charge on any atom is -0.489 e. The predicted molar refractivity (Wildman–Crippen MR) is 230 cm³/mol. The van der Waals surface area contributed by atoms with E-state index in [2.05, 4.69) is 37.5 Å². The number of aliphatic hydroxyl groups is 1. The van der Waals surface area contributed by atoms with Crippen molar-refractivity contribution in [2.45, 2.75) is 95.4 Å². The summed E-state index contributed by atoms with van der Waals surface area (Å²) in [6, 6.07) is 10.9. The number of anilines is 3. The van der Waals surface area contributed by atoms with Gasteiger partial charge in [0, 0.05) is 85.8 Å². The van der Waals surface area contributed by atoms with E-state index in [1.54, 1.807) is 28.9 Å². The summed E-state index contributed by atoms with van der Waals surface area (Å²) in [5, 5.41) is 20.7. The molecule has 3 N–H and O–H groups in total. The quantitative estimate of drug-likeness (QED) is 0.197. The van der Waals surface area contributed by atoms with E-state index < -0.39 is 24.1 Å². The Bertz CT molecular complexity index is 2510. The number of imide groups is 1. The van der Waals surface area contributed by atoms with E-state index >= 15 is 0 Å². The molecule has 2 aromatic carbocycles. The lowest BCUT2D eigenvalue weighted by Gasteiger charge is -2.49. The minimum atomic E-state index is -1.24. The van der Waals surface area contributed by atoms with Crippen molar-refractivity contribution in [3.05, 3.63) is 76.6 Å². The van der Waals surface area contributed by atoms with Crippen molar-refractivity contribution in [3.8, 4) is 5.75 Å². The average molecular weight is 861 g/mol. The normalized spacial score (nSPS) is 24.0. The number of aliphatic hydroxyl groups excluding tert-OH is 1. The number of likely N-dealkylation sites (N-methyl/N-ethyl adjacent to an activating group) is 1. The smallest absolute Gasteiger partial charge is 0.261 e. The van der Waals surface area contributed by atoms with Crippen molar-refractivity contribution >= 4 is 52.4 Å². The maximum absolute atomic E-state index is 14.0. The lowest BCUT2D eigenvalue weighted by atomic mass is 9.88. The number of hydrogen-bond donors (Lipinski definition) is 3. The van der Waals surface area contributed by atoms with Crippen LogP contribution in [0.3, 0.4) is 0 Å². The van der Waals surface area contributed by atoms with Crippen LogP contribution >= 0.6 is 0 Å². The van der Waals surface area contributed by atoms with Crippen molar-refractivity contribution in [2.24, 2.45) is 0 Å². The lowest BCUT2D eigenvalue weighted by Crippen LogP contribution is -2.61. The Morgan fingerprint density at radius 2 is 1.73 bits per heavy atom. The van der Waals surface area contributed by atoms with Crippen LogP contribution in [0.25, 0.3) is 5.65 Å². The second-order valence-corrected chi connectivity index (χ2v) is 17.8. The first-order valence-corrected chi connectivity index (χ1v) is 22.0. The van der Waals surface area contributed by atoms with Crippen LogP contribution in [0.1, 0.15) is 101 Å². The number of aromatic nitrogens is 3. The van der Waals surface area contributed by atoms with E-state index in [4.69, 9.17) is 14.5 Å². The van der Waals surface area contributed by atoms with Gasteiger partial charge in [-0.3, -0.25) is 39.1 Å². The zero-order valence-electron chi connectivity index (χ0n) is 35.7. The largest absolute Gasteiger partial charge is 0.489 e. The van der Waals surface area contributed by atoms with Gasteiger partial charge in [0.1, 0.15) is 23.2 Å². The number of benzene rings is 2. The number of carbonyl (C=O) groups excluding carboxylic acids is 5. The summed E-state index contributed by atoms with van der Waals surface area (Å²) in [5.41, 5.74) is 4.43. The standard InChI is InChI=1S/C45H52N10O8/c1-25(2)63-37-20-32-26(18-35(37)47-41(57)34-21-46-54-13-12-38(48-40(34)54)51-14-16-62-17-15-51)22-53(43(32)59)28-6-4-27(5-7-28)50(3)30-23-52(24-30)29-8-9-31-33(19-29)45(61)55(44(31)60)36-10-11-39(56)49-42(36)58/h8-9,12-13,18-21,25,27-28,30,36,44,60H,4-7,10-11,14-17,22-24H2,1-3H3,(H,47,57)(H,49,56,58). The highest BCUT2D eigenvalue weighted by molar-refractivity contribution is 6.10. The molecular formula is C45H52N10O8. The molecule has 5 aliphatic heterocycles. The average Bonchev–Trinajstić information content (AvgIpc) is 3.91. The first-order valence-electron chi connectivity index (χ1n) is 22.0. The van der Waals surface area contributed by atoms with Crippen molar-refractivity contribution in [1.82, 2.24) is 34.6 Å². The summed E-state index contributed by atoms with van der Waals surface area (Å²) in [6.45, 7) is 8.50. The molecule has 18 heteroatoms. The van der Waals surface area contributed by atoms with Gasteiger partial charge in [0.25, 0.3) is 17.7 Å². The first kappa shape index (κ1) is 40.9. The van der Waals surface area contributed by atoms with Crippen LogP contribution in [-0.2, 0) is 20.9 Å². The molecule has 0 spiro atoms. The Hall–Kier alpha value is -6.11. The van der Waals surface area contributed by atoms with Gasteiger partial charge in [-0.1, -0.05) is 6.07 Å².